The molecular weight excluding hydrogens is 250 g/mol. The van der Waals surface area contributed by atoms with Gasteiger partial charge in [-0.15, -0.1) is 0 Å². The molecule has 0 unspecified atom stereocenters. The number of nitrogens with zero attached hydrogens (tertiary/aromatic N) is 1. The van der Waals surface area contributed by atoms with Crippen molar-refractivity contribution >= 4 is 17.7 Å². The van der Waals surface area contributed by atoms with Crippen LogP contribution in [0.3, 0.4) is 0 Å². The molecule has 0 radical (unpaired) electrons. The fraction of sp³-hybridized carbons (Fsp3) is 0.438. The van der Waals surface area contributed by atoms with E-state index >= 15 is 0 Å². The molecule has 3 N–H and O–H groups in total. The second-order valence-electron chi connectivity index (χ2n) is 5.15. The van der Waals surface area contributed by atoms with Gasteiger partial charge in [-0.05, 0) is 43.2 Å². The predicted molar refractivity (Wildman–Crippen MR) is 83.2 cm³/mol. The van der Waals surface area contributed by atoms with Gasteiger partial charge in [0.25, 0.3) is 0 Å². The van der Waals surface area contributed by atoms with E-state index < -0.39 is 0 Å². The Bertz CT molecular complexity index is 463. The zero-order valence-corrected chi connectivity index (χ0v) is 12.0. The van der Waals surface area contributed by atoms with Crippen molar-refractivity contribution in [2.45, 2.75) is 25.8 Å². The largest absolute Gasteiger partial charge is 0.399 e. The van der Waals surface area contributed by atoms with Crippen LogP contribution < -0.4 is 11.1 Å². The molecule has 0 aromatic heterocycles. The van der Waals surface area contributed by atoms with Crippen molar-refractivity contribution < 1.29 is 4.79 Å². The summed E-state index contributed by atoms with van der Waals surface area (Å²) >= 11 is 0. The Morgan fingerprint density at radius 2 is 2.10 bits per heavy atom. The molecule has 20 heavy (non-hydrogen) atoms. The third-order valence-corrected chi connectivity index (χ3v) is 3.53. The lowest BCUT2D eigenvalue weighted by molar-refractivity contribution is -0.116. The number of nitrogen functional groups attached to an aromatic ring is 1. The van der Waals surface area contributed by atoms with Crippen LogP contribution in [0.4, 0.5) is 5.69 Å². The van der Waals surface area contributed by atoms with Gasteiger partial charge in [0.1, 0.15) is 0 Å². The highest BCUT2D eigenvalue weighted by Gasteiger charge is 2.27. The summed E-state index contributed by atoms with van der Waals surface area (Å²) in [5.41, 5.74) is 7.31. The zero-order chi connectivity index (χ0) is 14.4. The van der Waals surface area contributed by atoms with Crippen LogP contribution in [0, 0.1) is 0 Å². The Morgan fingerprint density at radius 1 is 1.40 bits per heavy atom. The Hall–Kier alpha value is -1.81. The lowest BCUT2D eigenvalue weighted by atomic mass is 10.2. The number of rotatable bonds is 7. The highest BCUT2D eigenvalue weighted by molar-refractivity contribution is 5.91. The van der Waals surface area contributed by atoms with Gasteiger partial charge in [0, 0.05) is 30.9 Å². The molecule has 1 amide bonds. The van der Waals surface area contributed by atoms with E-state index in [2.05, 4.69) is 17.1 Å². The van der Waals surface area contributed by atoms with E-state index in [1.54, 1.807) is 12.2 Å². The molecule has 1 fully saturated rings. The minimum absolute atomic E-state index is 0.0475. The van der Waals surface area contributed by atoms with Gasteiger partial charge in [0.15, 0.2) is 0 Å². The first kappa shape index (κ1) is 14.6. The van der Waals surface area contributed by atoms with Gasteiger partial charge in [-0.1, -0.05) is 19.1 Å². The summed E-state index contributed by atoms with van der Waals surface area (Å²) in [6.07, 6.45) is 5.98. The number of carbonyl (C=O) groups excluding carboxylic acids is 1. The molecule has 1 saturated carbocycles. The van der Waals surface area contributed by atoms with Crippen LogP contribution in [0.25, 0.3) is 6.08 Å². The first-order valence-corrected chi connectivity index (χ1v) is 7.24. The number of carbonyl (C=O) groups is 1. The van der Waals surface area contributed by atoms with Gasteiger partial charge >= 0.3 is 0 Å². The number of nitrogens with two attached hydrogens (primary N) is 1. The van der Waals surface area contributed by atoms with Crippen molar-refractivity contribution in [1.82, 2.24) is 10.2 Å². The van der Waals surface area contributed by atoms with Gasteiger partial charge in [-0.2, -0.15) is 0 Å². The normalized spacial score (nSPS) is 14.9. The van der Waals surface area contributed by atoms with Crippen molar-refractivity contribution in [2.24, 2.45) is 0 Å². The Labute approximate surface area is 120 Å². The molecule has 2 rings (SSSR count). The Balaban J connectivity index is 1.70. The summed E-state index contributed by atoms with van der Waals surface area (Å²) in [7, 11) is 0. The summed E-state index contributed by atoms with van der Waals surface area (Å²) in [5, 5.41) is 2.92. The SMILES string of the molecule is CCN(CCNC(=O)/C=C/c1ccc(N)cc1)C1CC1. The van der Waals surface area contributed by atoms with Crippen LogP contribution in [0.5, 0.6) is 0 Å². The molecule has 1 aliphatic rings. The summed E-state index contributed by atoms with van der Waals surface area (Å²) < 4.78 is 0. The standard InChI is InChI=1S/C16H23N3O/c1-2-19(15-8-9-15)12-11-18-16(20)10-5-13-3-6-14(17)7-4-13/h3-7,10,15H,2,8-9,11-12,17H2,1H3,(H,18,20)/b10-5+. The molecule has 0 saturated heterocycles. The molecule has 0 atom stereocenters. The highest BCUT2D eigenvalue weighted by Crippen LogP contribution is 2.25. The van der Waals surface area contributed by atoms with Gasteiger partial charge in [-0.3, -0.25) is 9.69 Å². The zero-order valence-electron chi connectivity index (χ0n) is 12.0. The molecule has 108 valence electrons. The fourth-order valence-electron chi connectivity index (χ4n) is 2.20. The maximum atomic E-state index is 11.7. The van der Waals surface area contributed by atoms with Crippen LogP contribution in [-0.4, -0.2) is 36.5 Å². The monoisotopic (exact) mass is 273 g/mol. The second-order valence-corrected chi connectivity index (χ2v) is 5.15. The molecule has 1 aromatic rings. The number of likely N-dealkylation sites (N-methyl/N-ethyl adjacent to an activating group) is 1. The van der Waals surface area contributed by atoms with E-state index in [0.29, 0.717) is 6.54 Å². The number of benzene rings is 1. The number of hydrogen-bond donors (Lipinski definition) is 2. The lowest BCUT2D eigenvalue weighted by Gasteiger charge is -2.19. The van der Waals surface area contributed by atoms with E-state index in [9.17, 15) is 4.79 Å². The third kappa shape index (κ3) is 4.70. The average molecular weight is 273 g/mol. The molecule has 0 heterocycles. The van der Waals surface area contributed by atoms with Crippen molar-refractivity contribution in [1.29, 1.82) is 0 Å². The maximum Gasteiger partial charge on any atom is 0.244 e. The highest BCUT2D eigenvalue weighted by atomic mass is 16.1. The number of amides is 1. The van der Waals surface area contributed by atoms with Crippen LogP contribution in [0.15, 0.2) is 30.3 Å². The Kier molecular flexibility index (Phi) is 5.18. The lowest BCUT2D eigenvalue weighted by Crippen LogP contribution is -2.35. The Morgan fingerprint density at radius 3 is 2.70 bits per heavy atom. The molecule has 4 nitrogen and oxygen atoms in total. The predicted octanol–water partition coefficient (Wildman–Crippen LogP) is 1.88. The number of nitrogens with one attached hydrogen (secondary N) is 1. The van der Waals surface area contributed by atoms with Gasteiger partial charge < -0.3 is 11.1 Å². The number of anilines is 1. The first-order valence-electron chi connectivity index (χ1n) is 7.24. The minimum atomic E-state index is -0.0475. The summed E-state index contributed by atoms with van der Waals surface area (Å²) in [4.78, 5) is 14.1. The van der Waals surface area contributed by atoms with Gasteiger partial charge in [-0.25, -0.2) is 0 Å². The summed E-state index contributed by atoms with van der Waals surface area (Å²) in [6.45, 7) is 4.86. The van der Waals surface area contributed by atoms with E-state index in [4.69, 9.17) is 5.73 Å². The average Bonchev–Trinajstić information content (AvgIpc) is 3.27. The van der Waals surface area contributed by atoms with Crippen LogP contribution in [0.2, 0.25) is 0 Å². The third-order valence-electron chi connectivity index (χ3n) is 3.53. The molecule has 0 spiro atoms. The molecular formula is C16H23N3O. The summed E-state index contributed by atoms with van der Waals surface area (Å²) in [5.74, 6) is -0.0475. The van der Waals surface area contributed by atoms with E-state index in [1.807, 2.05) is 24.3 Å². The number of hydrogen-bond acceptors (Lipinski definition) is 3. The van der Waals surface area contributed by atoms with Crippen molar-refractivity contribution in [3.8, 4) is 0 Å². The smallest absolute Gasteiger partial charge is 0.244 e. The fourth-order valence-corrected chi connectivity index (χ4v) is 2.20. The first-order chi connectivity index (χ1) is 9.69. The van der Waals surface area contributed by atoms with Crippen LogP contribution >= 0.6 is 0 Å². The van der Waals surface area contributed by atoms with Crippen LogP contribution in [-0.2, 0) is 4.79 Å². The van der Waals surface area contributed by atoms with Gasteiger partial charge in [0.05, 0.1) is 0 Å². The molecule has 1 aromatic carbocycles. The maximum absolute atomic E-state index is 11.7. The van der Waals surface area contributed by atoms with Crippen molar-refractivity contribution in [3.05, 3.63) is 35.9 Å². The molecule has 1 aliphatic carbocycles. The van der Waals surface area contributed by atoms with E-state index in [-0.39, 0.29) is 5.91 Å². The van der Waals surface area contributed by atoms with Crippen LogP contribution in [0.1, 0.15) is 25.3 Å². The van der Waals surface area contributed by atoms with Crippen molar-refractivity contribution in [3.63, 3.8) is 0 Å². The topological polar surface area (TPSA) is 58.4 Å². The second kappa shape index (κ2) is 7.10. The molecule has 4 heteroatoms. The summed E-state index contributed by atoms with van der Waals surface area (Å²) in [6, 6.07) is 8.19. The molecule has 0 bridgehead atoms. The van der Waals surface area contributed by atoms with E-state index in [1.165, 1.54) is 12.8 Å². The van der Waals surface area contributed by atoms with Gasteiger partial charge in [0.2, 0.25) is 5.91 Å². The minimum Gasteiger partial charge on any atom is -0.399 e. The van der Waals surface area contributed by atoms with E-state index in [0.717, 1.165) is 30.4 Å². The van der Waals surface area contributed by atoms with Crippen molar-refractivity contribution in [2.75, 3.05) is 25.4 Å². The quantitative estimate of drug-likeness (QED) is 0.589. The molecule has 0 aliphatic heterocycles.